The van der Waals surface area contributed by atoms with Crippen molar-refractivity contribution in [2.75, 3.05) is 39.6 Å². The van der Waals surface area contributed by atoms with Crippen LogP contribution < -0.4 is 0 Å². The average molecular weight is 979 g/mol. The Hall–Kier alpha value is -1.20. The second-order valence-corrected chi connectivity index (χ2v) is 16.5. The van der Waals surface area contributed by atoms with Gasteiger partial charge in [-0.25, -0.2) is 0 Å². The summed E-state index contributed by atoms with van der Waals surface area (Å²) in [5, 5.41) is 170. The first-order chi connectivity index (χ1) is 30.4. The van der Waals surface area contributed by atoms with E-state index in [4.69, 9.17) is 52.1 Å². The van der Waals surface area contributed by atoms with Crippen LogP contribution in [0.1, 0.15) is 13.3 Å². The van der Waals surface area contributed by atoms with Gasteiger partial charge in [0.2, 0.25) is 0 Å². The van der Waals surface area contributed by atoms with E-state index >= 15 is 0 Å². The number of fused-ring (bicyclic) bond motifs is 1. The Kier molecular flexibility index (Phi) is 21.5. The quantitative estimate of drug-likeness (QED) is 0.0762. The lowest BCUT2D eigenvalue weighted by Crippen LogP contribution is -2.65. The van der Waals surface area contributed by atoms with Crippen molar-refractivity contribution in [3.63, 3.8) is 0 Å². The van der Waals surface area contributed by atoms with Crippen LogP contribution in [0, 0.1) is 0 Å². The molecule has 30 nitrogen and oxygen atoms in total. The zero-order valence-electron chi connectivity index (χ0n) is 35.2. The van der Waals surface area contributed by atoms with Gasteiger partial charge in [0.15, 0.2) is 31.5 Å². The molecule has 7 rings (SSSR count). The molecule has 21 N–H and O–H groups in total. The van der Waals surface area contributed by atoms with Crippen LogP contribution in [-0.2, 0) is 52.1 Å². The Morgan fingerprint density at radius 3 is 1.41 bits per heavy atom. The third-order valence-corrected chi connectivity index (χ3v) is 12.1. The molecule has 7 aliphatic rings. The van der Waals surface area contributed by atoms with Crippen molar-refractivity contribution in [1.29, 1.82) is 0 Å². The van der Waals surface area contributed by atoms with Crippen LogP contribution in [0.4, 0.5) is 0 Å². The highest BCUT2D eigenvalue weighted by molar-refractivity contribution is 5.00. The Labute approximate surface area is 374 Å². The van der Waals surface area contributed by atoms with Crippen LogP contribution in [0.2, 0.25) is 0 Å². The zero-order valence-corrected chi connectivity index (χ0v) is 35.2. The fourth-order valence-corrected chi connectivity index (χ4v) is 8.20. The molecule has 28 unspecified atom stereocenters. The second-order valence-electron chi connectivity index (χ2n) is 16.5. The number of epoxide rings is 1. The van der Waals surface area contributed by atoms with Crippen LogP contribution in [0.3, 0.4) is 0 Å². The van der Waals surface area contributed by atoms with E-state index in [2.05, 4.69) is 0 Å². The first-order valence-electron chi connectivity index (χ1n) is 20.8. The summed E-state index contributed by atoms with van der Waals surface area (Å²) in [4.78, 5) is 0. The van der Waals surface area contributed by atoms with Crippen LogP contribution in [0.25, 0.3) is 0 Å². The molecule has 7 heterocycles. The third kappa shape index (κ3) is 12.3. The minimum absolute atomic E-state index is 0. The lowest BCUT2D eigenvalue weighted by molar-refractivity contribution is -0.367. The van der Waals surface area contributed by atoms with Gasteiger partial charge in [-0.15, -0.1) is 0 Å². The van der Waals surface area contributed by atoms with Crippen molar-refractivity contribution in [1.82, 2.24) is 0 Å². The summed E-state index contributed by atoms with van der Waals surface area (Å²) in [6.45, 7) is -1.64. The van der Waals surface area contributed by atoms with Crippen LogP contribution in [0.15, 0.2) is 0 Å². The van der Waals surface area contributed by atoms with E-state index in [1.807, 2.05) is 0 Å². The Bertz CT molecular complexity index is 1420. The molecule has 390 valence electrons. The fourth-order valence-electron chi connectivity index (χ4n) is 8.20. The molecule has 0 spiro atoms. The Morgan fingerprint density at radius 1 is 0.394 bits per heavy atom. The normalized spacial score (nSPS) is 51.5. The van der Waals surface area contributed by atoms with Crippen LogP contribution in [-0.4, -0.2) is 309 Å². The number of ether oxygens (including phenoxy) is 11. The minimum atomic E-state index is -1.73. The molecule has 0 aromatic carbocycles. The van der Waals surface area contributed by atoms with Gasteiger partial charge in [-0.3, -0.25) is 0 Å². The maximum Gasteiger partial charge on any atom is 0.187 e. The highest BCUT2D eigenvalue weighted by Gasteiger charge is 2.59. The van der Waals surface area contributed by atoms with Gasteiger partial charge < -0.3 is 150 Å². The summed E-state index contributed by atoms with van der Waals surface area (Å²) in [5.74, 6) is 0. The van der Waals surface area contributed by atoms with Crippen molar-refractivity contribution < 1.29 is 150 Å². The molecular weight excluding hydrogens is 912 g/mol. The smallest absolute Gasteiger partial charge is 0.187 e. The van der Waals surface area contributed by atoms with E-state index in [0.717, 1.165) is 0 Å². The predicted octanol–water partition coefficient (Wildman–Crippen LogP) is -13.0. The van der Waals surface area contributed by atoms with Gasteiger partial charge in [0.1, 0.15) is 122 Å². The number of aliphatic hydroxyl groups is 17. The first-order valence-corrected chi connectivity index (χ1v) is 20.8. The minimum Gasteiger partial charge on any atom is -0.412 e. The molecule has 0 amide bonds. The fraction of sp³-hybridized carbons (Fsp3) is 1.00. The van der Waals surface area contributed by atoms with Crippen molar-refractivity contribution in [2.24, 2.45) is 0 Å². The molecule has 0 aromatic heterocycles. The van der Waals surface area contributed by atoms with E-state index in [1.54, 1.807) is 0 Å². The maximum absolute atomic E-state index is 10.6. The Balaban J connectivity index is 0.000000280. The highest BCUT2D eigenvalue weighted by Crippen LogP contribution is 2.39. The monoisotopic (exact) mass is 978 g/mol. The topological polar surface area (TPSA) is 512 Å². The summed E-state index contributed by atoms with van der Waals surface area (Å²) in [6.07, 6.45) is -37.4. The lowest BCUT2D eigenvalue weighted by atomic mass is 9.96. The summed E-state index contributed by atoms with van der Waals surface area (Å²) < 4.78 is 59.6. The molecule has 30 heteroatoms. The van der Waals surface area contributed by atoms with Crippen molar-refractivity contribution >= 4 is 0 Å². The van der Waals surface area contributed by atoms with Gasteiger partial charge in [0.05, 0.1) is 58.0 Å². The second kappa shape index (κ2) is 24.8. The van der Waals surface area contributed by atoms with Gasteiger partial charge in [-0.2, -0.15) is 0 Å². The molecule has 66 heavy (non-hydrogen) atoms. The highest BCUT2D eigenvalue weighted by atomic mass is 16.8. The van der Waals surface area contributed by atoms with E-state index in [0.29, 0.717) is 0 Å². The molecule has 0 aromatic rings. The van der Waals surface area contributed by atoms with Gasteiger partial charge in [0.25, 0.3) is 0 Å². The standard InChI is InChI=1S/C18H30O14.C18H32O14.2H2O/c19-2-5-1-6(22)9(23)16(27-5)30-13-7(3-20)28-17(11(25)10(13)24)31-14-8(4-21)29-18-15(32-18)12(14)26;1-5-15(31-18-13(26)11(24)10(23)7(2-19)30-18)12(25)14(27)17(29-5)32-16-8(3-20)28-4-6(21)9(16)22;;/h5-26H,1-4H2;5-27H,2-4H2,1H3;2*1H2. The molecule has 7 fully saturated rings. The molecule has 0 saturated carbocycles. The summed E-state index contributed by atoms with van der Waals surface area (Å²) in [6, 6.07) is 0. The van der Waals surface area contributed by atoms with Crippen molar-refractivity contribution in [3.05, 3.63) is 0 Å². The summed E-state index contributed by atoms with van der Waals surface area (Å²) >= 11 is 0. The average Bonchev–Trinajstić information content (AvgIpc) is 4.08. The van der Waals surface area contributed by atoms with E-state index in [1.165, 1.54) is 6.92 Å². The van der Waals surface area contributed by atoms with E-state index < -0.39 is 205 Å². The maximum atomic E-state index is 10.6. The van der Waals surface area contributed by atoms with Gasteiger partial charge in [-0.1, -0.05) is 0 Å². The molecular formula is C36H66O30. The van der Waals surface area contributed by atoms with E-state index in [-0.39, 0.29) is 24.0 Å². The predicted molar refractivity (Wildman–Crippen MR) is 202 cm³/mol. The van der Waals surface area contributed by atoms with Gasteiger partial charge in [-0.05, 0) is 6.92 Å². The van der Waals surface area contributed by atoms with Crippen LogP contribution >= 0.6 is 0 Å². The zero-order chi connectivity index (χ0) is 46.9. The van der Waals surface area contributed by atoms with E-state index in [9.17, 15) is 86.8 Å². The number of hydrogen-bond donors (Lipinski definition) is 17. The van der Waals surface area contributed by atoms with Crippen molar-refractivity contribution in [3.8, 4) is 0 Å². The molecule has 28 atom stereocenters. The van der Waals surface area contributed by atoms with Crippen LogP contribution in [0.5, 0.6) is 0 Å². The largest absolute Gasteiger partial charge is 0.412 e. The van der Waals surface area contributed by atoms with Gasteiger partial charge in [0, 0.05) is 6.42 Å². The molecule has 7 saturated heterocycles. The molecule has 0 aliphatic carbocycles. The van der Waals surface area contributed by atoms with Crippen molar-refractivity contribution in [2.45, 2.75) is 185 Å². The number of hydrogen-bond acceptors (Lipinski definition) is 28. The molecule has 0 bridgehead atoms. The molecule has 7 aliphatic heterocycles. The Morgan fingerprint density at radius 2 is 0.848 bits per heavy atom. The lowest BCUT2D eigenvalue weighted by Gasteiger charge is -2.47. The summed E-state index contributed by atoms with van der Waals surface area (Å²) in [7, 11) is 0. The first kappa shape index (κ1) is 57.4. The number of rotatable bonds is 13. The van der Waals surface area contributed by atoms with Gasteiger partial charge >= 0.3 is 0 Å². The summed E-state index contributed by atoms with van der Waals surface area (Å²) in [5.41, 5.74) is 0. The SMILES string of the molecule is CC1OC(OC2C(CO)OCC(O)C2O)C(O)C(O)C1OC1OC(CO)C(O)C(O)C1O.O.O.OCC1CC(O)C(O)C(OC2C(CO)OC(OC3C(CO)OC4OC4C3O)C(O)C2O)O1. The number of aliphatic hydroxyl groups excluding tert-OH is 17. The molecule has 0 radical (unpaired) electrons. The third-order valence-electron chi connectivity index (χ3n) is 12.1.